The smallest absolute Gasteiger partial charge is 0.152 e. The molecule has 0 saturated heterocycles. The number of para-hydroxylation sites is 1. The zero-order valence-electron chi connectivity index (χ0n) is 10.1. The second-order valence-electron chi connectivity index (χ2n) is 4.32. The van der Waals surface area contributed by atoms with Crippen molar-refractivity contribution in [2.45, 2.75) is 0 Å². The van der Waals surface area contributed by atoms with E-state index in [2.05, 4.69) is 4.98 Å². The highest BCUT2D eigenvalue weighted by Crippen LogP contribution is 2.34. The molecular formula is C15H8ClF2NO. The Morgan fingerprint density at radius 2 is 1.95 bits per heavy atom. The van der Waals surface area contributed by atoms with Gasteiger partial charge in [0.05, 0.1) is 16.2 Å². The lowest BCUT2D eigenvalue weighted by atomic mass is 10.1. The van der Waals surface area contributed by atoms with Crippen LogP contribution in [0.3, 0.4) is 0 Å². The van der Waals surface area contributed by atoms with Gasteiger partial charge in [-0.1, -0.05) is 23.7 Å². The van der Waals surface area contributed by atoms with Crippen LogP contribution < -0.4 is 0 Å². The Kier molecular flexibility index (Phi) is 3.03. The lowest BCUT2D eigenvalue weighted by molar-refractivity contribution is 0.112. The highest BCUT2D eigenvalue weighted by Gasteiger charge is 2.17. The van der Waals surface area contributed by atoms with Crippen LogP contribution in [0, 0.1) is 11.6 Å². The van der Waals surface area contributed by atoms with Gasteiger partial charge in [0.25, 0.3) is 0 Å². The molecule has 100 valence electrons. The van der Waals surface area contributed by atoms with Crippen molar-refractivity contribution in [3.63, 3.8) is 0 Å². The SMILES string of the molecule is O=Cc1c(-c2cc(F)ccc2Cl)[nH]c2c(F)cccc12. The minimum Gasteiger partial charge on any atom is -0.351 e. The molecule has 1 aromatic heterocycles. The average molecular weight is 292 g/mol. The van der Waals surface area contributed by atoms with Crippen molar-refractivity contribution in [3.05, 3.63) is 58.6 Å². The van der Waals surface area contributed by atoms with E-state index in [0.717, 1.165) is 0 Å². The molecule has 0 fully saturated rings. The van der Waals surface area contributed by atoms with Crippen LogP contribution in [0.1, 0.15) is 10.4 Å². The van der Waals surface area contributed by atoms with Crippen LogP contribution in [-0.4, -0.2) is 11.3 Å². The van der Waals surface area contributed by atoms with Crippen LogP contribution >= 0.6 is 11.6 Å². The van der Waals surface area contributed by atoms with Gasteiger partial charge in [0, 0.05) is 16.5 Å². The number of hydrogen-bond acceptors (Lipinski definition) is 1. The van der Waals surface area contributed by atoms with Crippen molar-refractivity contribution >= 4 is 28.8 Å². The number of aromatic amines is 1. The van der Waals surface area contributed by atoms with Crippen LogP contribution in [0.4, 0.5) is 8.78 Å². The topological polar surface area (TPSA) is 32.9 Å². The van der Waals surface area contributed by atoms with Crippen LogP contribution in [0.5, 0.6) is 0 Å². The molecule has 2 nitrogen and oxygen atoms in total. The molecule has 3 rings (SSSR count). The number of fused-ring (bicyclic) bond motifs is 1. The Balaban J connectivity index is 2.39. The third-order valence-electron chi connectivity index (χ3n) is 3.14. The van der Waals surface area contributed by atoms with Crippen molar-refractivity contribution in [1.29, 1.82) is 0 Å². The van der Waals surface area contributed by atoms with E-state index in [-0.39, 0.29) is 16.1 Å². The number of H-pyrrole nitrogens is 1. The van der Waals surface area contributed by atoms with Gasteiger partial charge >= 0.3 is 0 Å². The molecule has 0 radical (unpaired) electrons. The molecule has 0 spiro atoms. The molecule has 0 aliphatic carbocycles. The highest BCUT2D eigenvalue weighted by molar-refractivity contribution is 6.33. The Labute approximate surface area is 118 Å². The summed E-state index contributed by atoms with van der Waals surface area (Å²) >= 11 is 6.03. The van der Waals surface area contributed by atoms with Crippen molar-refractivity contribution in [3.8, 4) is 11.3 Å². The Bertz CT molecular complexity index is 826. The first-order valence-electron chi connectivity index (χ1n) is 5.82. The molecule has 0 atom stereocenters. The second-order valence-corrected chi connectivity index (χ2v) is 4.73. The molecule has 3 aromatic rings. The normalized spacial score (nSPS) is 10.9. The van der Waals surface area contributed by atoms with Crippen LogP contribution in [-0.2, 0) is 0 Å². The highest BCUT2D eigenvalue weighted by atomic mass is 35.5. The lowest BCUT2D eigenvalue weighted by Crippen LogP contribution is -1.87. The predicted octanol–water partition coefficient (Wildman–Crippen LogP) is 4.58. The third-order valence-corrected chi connectivity index (χ3v) is 3.47. The Morgan fingerprint density at radius 3 is 2.70 bits per heavy atom. The molecule has 1 heterocycles. The Morgan fingerprint density at radius 1 is 1.15 bits per heavy atom. The van der Waals surface area contributed by atoms with Gasteiger partial charge in [-0.2, -0.15) is 0 Å². The number of nitrogens with one attached hydrogen (secondary N) is 1. The number of aldehydes is 1. The van der Waals surface area contributed by atoms with Gasteiger partial charge in [-0.3, -0.25) is 4.79 Å². The quantitative estimate of drug-likeness (QED) is 0.689. The molecule has 2 aromatic carbocycles. The molecule has 0 bridgehead atoms. The summed E-state index contributed by atoms with van der Waals surface area (Å²) in [6.07, 6.45) is 0.606. The minimum atomic E-state index is -0.486. The molecular weight excluding hydrogens is 284 g/mol. The molecule has 0 aliphatic heterocycles. The van der Waals surface area contributed by atoms with Crippen molar-refractivity contribution in [1.82, 2.24) is 4.98 Å². The predicted molar refractivity (Wildman–Crippen MR) is 74.0 cm³/mol. The molecule has 0 unspecified atom stereocenters. The monoisotopic (exact) mass is 291 g/mol. The van der Waals surface area contributed by atoms with Crippen LogP contribution in [0.25, 0.3) is 22.2 Å². The minimum absolute atomic E-state index is 0.199. The first kappa shape index (κ1) is 12.8. The van der Waals surface area contributed by atoms with Gasteiger partial charge in [-0.05, 0) is 24.3 Å². The third kappa shape index (κ3) is 1.89. The maximum atomic E-state index is 13.8. The summed E-state index contributed by atoms with van der Waals surface area (Å²) in [6, 6.07) is 8.23. The zero-order valence-corrected chi connectivity index (χ0v) is 10.8. The second kappa shape index (κ2) is 4.72. The number of aromatic nitrogens is 1. The number of carbonyl (C=O) groups is 1. The first-order valence-corrected chi connectivity index (χ1v) is 6.20. The molecule has 20 heavy (non-hydrogen) atoms. The van der Waals surface area contributed by atoms with E-state index in [4.69, 9.17) is 11.6 Å². The van der Waals surface area contributed by atoms with Gasteiger partial charge < -0.3 is 4.98 Å². The molecule has 0 saturated carbocycles. The molecule has 5 heteroatoms. The molecule has 0 amide bonds. The van der Waals surface area contributed by atoms with Crippen molar-refractivity contribution in [2.24, 2.45) is 0 Å². The van der Waals surface area contributed by atoms with Crippen molar-refractivity contribution < 1.29 is 13.6 Å². The van der Waals surface area contributed by atoms with E-state index >= 15 is 0 Å². The summed E-state index contributed by atoms with van der Waals surface area (Å²) < 4.78 is 27.1. The Hall–Kier alpha value is -2.20. The van der Waals surface area contributed by atoms with E-state index in [1.54, 1.807) is 6.07 Å². The van der Waals surface area contributed by atoms with Crippen molar-refractivity contribution in [2.75, 3.05) is 0 Å². The van der Waals surface area contributed by atoms with E-state index in [1.807, 2.05) is 0 Å². The number of hydrogen-bond donors (Lipinski definition) is 1. The summed E-state index contributed by atoms with van der Waals surface area (Å²) in [5, 5.41) is 0.719. The van der Waals surface area contributed by atoms with Gasteiger partial charge in [0.15, 0.2) is 6.29 Å². The zero-order chi connectivity index (χ0) is 14.3. The number of halogens is 3. The van der Waals surface area contributed by atoms with Gasteiger partial charge in [0.2, 0.25) is 0 Å². The van der Waals surface area contributed by atoms with Gasteiger partial charge in [-0.25, -0.2) is 8.78 Å². The van der Waals surface area contributed by atoms with Gasteiger partial charge in [-0.15, -0.1) is 0 Å². The number of rotatable bonds is 2. The standard InChI is InChI=1S/C15H8ClF2NO/c16-12-5-4-8(17)6-10(12)14-11(7-20)9-2-1-3-13(18)15(9)19-14/h1-7,19H. The fraction of sp³-hybridized carbons (Fsp3) is 0. The fourth-order valence-corrected chi connectivity index (χ4v) is 2.44. The van der Waals surface area contributed by atoms with E-state index in [0.29, 0.717) is 22.9 Å². The summed E-state index contributed by atoms with van der Waals surface area (Å²) in [5.74, 6) is -0.968. The first-order chi connectivity index (χ1) is 9.61. The van der Waals surface area contributed by atoms with Gasteiger partial charge in [0.1, 0.15) is 11.6 Å². The van der Waals surface area contributed by atoms with E-state index < -0.39 is 11.6 Å². The van der Waals surface area contributed by atoms with Crippen LogP contribution in [0.15, 0.2) is 36.4 Å². The van der Waals surface area contributed by atoms with E-state index in [1.165, 1.54) is 30.3 Å². The maximum absolute atomic E-state index is 13.8. The number of benzene rings is 2. The average Bonchev–Trinajstić information content (AvgIpc) is 2.81. The summed E-state index contributed by atoms with van der Waals surface area (Å²) in [4.78, 5) is 14.1. The maximum Gasteiger partial charge on any atom is 0.152 e. The number of carbonyl (C=O) groups excluding carboxylic acids is 1. The largest absolute Gasteiger partial charge is 0.351 e. The molecule has 1 N–H and O–H groups in total. The summed E-state index contributed by atoms with van der Waals surface area (Å²) in [5.41, 5.74) is 1.09. The lowest BCUT2D eigenvalue weighted by Gasteiger charge is -2.03. The van der Waals surface area contributed by atoms with Crippen LogP contribution in [0.2, 0.25) is 5.02 Å². The summed E-state index contributed by atoms with van der Waals surface area (Å²) in [6.45, 7) is 0. The fourth-order valence-electron chi connectivity index (χ4n) is 2.23. The summed E-state index contributed by atoms with van der Waals surface area (Å²) in [7, 11) is 0. The van der Waals surface area contributed by atoms with E-state index in [9.17, 15) is 13.6 Å². The molecule has 0 aliphatic rings.